The molecule has 1 aliphatic rings. The number of hydrogen-bond acceptors (Lipinski definition) is 8. The molecule has 13 heteroatoms. The SMILES string of the molecule is COc1ccc(Nc2cnc(CNC(=O)[C@]3(NC(=O)c4cn[nH]c(=O)c4)CCOC3)c(F)c2)c(CF)c1. The van der Waals surface area contributed by atoms with Crippen molar-refractivity contribution in [3.63, 3.8) is 0 Å². The lowest BCUT2D eigenvalue weighted by Gasteiger charge is -2.27. The van der Waals surface area contributed by atoms with E-state index in [1.165, 1.54) is 25.4 Å². The third-order valence-electron chi connectivity index (χ3n) is 5.81. The molecule has 0 unspecified atom stereocenters. The van der Waals surface area contributed by atoms with Crippen LogP contribution in [0.15, 0.2) is 47.5 Å². The first-order chi connectivity index (χ1) is 17.8. The van der Waals surface area contributed by atoms with Crippen molar-refractivity contribution >= 4 is 23.2 Å². The van der Waals surface area contributed by atoms with Gasteiger partial charge in [0.05, 0.1) is 49.6 Å². The van der Waals surface area contributed by atoms with Gasteiger partial charge < -0.3 is 25.4 Å². The number of pyridine rings is 1. The summed E-state index contributed by atoms with van der Waals surface area (Å²) in [6.45, 7) is -0.883. The summed E-state index contributed by atoms with van der Waals surface area (Å²) in [5.41, 5.74) is -0.995. The Morgan fingerprint density at radius 2 is 2.08 bits per heavy atom. The average Bonchev–Trinajstić information content (AvgIpc) is 3.38. The predicted octanol–water partition coefficient (Wildman–Crippen LogP) is 1.73. The number of benzene rings is 1. The summed E-state index contributed by atoms with van der Waals surface area (Å²) in [7, 11) is 1.47. The molecule has 1 aromatic carbocycles. The maximum Gasteiger partial charge on any atom is 0.264 e. The van der Waals surface area contributed by atoms with Crippen molar-refractivity contribution in [2.45, 2.75) is 25.2 Å². The molecule has 2 amide bonds. The number of aromatic amines is 1. The summed E-state index contributed by atoms with van der Waals surface area (Å²) in [6.07, 6.45) is 2.70. The number of H-pyrrole nitrogens is 1. The number of hydrogen-bond donors (Lipinski definition) is 4. The first-order valence-electron chi connectivity index (χ1n) is 11.2. The van der Waals surface area contributed by atoms with Crippen molar-refractivity contribution in [2.24, 2.45) is 0 Å². The highest BCUT2D eigenvalue weighted by atomic mass is 19.1. The first-order valence-corrected chi connectivity index (χ1v) is 11.2. The standard InChI is InChI=1S/C24H24F2N6O5/c1-36-17-2-3-19(14(6-17)9-25)30-16-8-18(26)20(27-11-16)12-28-23(35)24(4-5-37-13-24)31-22(34)15-7-21(33)32-29-10-15/h2-3,6-8,10-11,30H,4-5,9,12-13H2,1H3,(H,28,35)(H,31,34)(H,32,33)/t24-/m0/s1. The van der Waals surface area contributed by atoms with Gasteiger partial charge in [0.2, 0.25) is 5.91 Å². The summed E-state index contributed by atoms with van der Waals surface area (Å²) in [5.74, 6) is -1.48. The van der Waals surface area contributed by atoms with Crippen LogP contribution in [0.25, 0.3) is 0 Å². The largest absolute Gasteiger partial charge is 0.497 e. The van der Waals surface area contributed by atoms with Gasteiger partial charge >= 0.3 is 0 Å². The molecule has 0 saturated carbocycles. The highest BCUT2D eigenvalue weighted by Gasteiger charge is 2.44. The highest BCUT2D eigenvalue weighted by Crippen LogP contribution is 2.27. The van der Waals surface area contributed by atoms with Crippen LogP contribution in [0.1, 0.15) is 28.0 Å². The van der Waals surface area contributed by atoms with E-state index in [-0.39, 0.29) is 43.1 Å². The molecule has 11 nitrogen and oxygen atoms in total. The predicted molar refractivity (Wildman–Crippen MR) is 128 cm³/mol. The fourth-order valence-corrected chi connectivity index (χ4v) is 3.77. The number of nitrogens with zero attached hydrogens (tertiary/aromatic N) is 2. The van der Waals surface area contributed by atoms with Crippen LogP contribution in [-0.2, 0) is 22.8 Å². The summed E-state index contributed by atoms with van der Waals surface area (Å²) in [4.78, 5) is 41.1. The number of ether oxygens (including phenoxy) is 2. The highest BCUT2D eigenvalue weighted by molar-refractivity contribution is 5.99. The minimum absolute atomic E-state index is 0.0218. The van der Waals surface area contributed by atoms with Gasteiger partial charge in [-0.1, -0.05) is 0 Å². The van der Waals surface area contributed by atoms with Crippen LogP contribution in [0.4, 0.5) is 20.2 Å². The molecule has 3 heterocycles. The fraction of sp³-hybridized carbons (Fsp3) is 0.292. The second-order valence-corrected chi connectivity index (χ2v) is 8.29. The van der Waals surface area contributed by atoms with Gasteiger partial charge in [0.15, 0.2) is 0 Å². The van der Waals surface area contributed by atoms with E-state index in [0.29, 0.717) is 17.0 Å². The van der Waals surface area contributed by atoms with Crippen LogP contribution in [0.3, 0.4) is 0 Å². The monoisotopic (exact) mass is 514 g/mol. The van der Waals surface area contributed by atoms with E-state index in [1.807, 2.05) is 0 Å². The van der Waals surface area contributed by atoms with E-state index in [2.05, 4.69) is 31.1 Å². The Labute approximate surface area is 209 Å². The Balaban J connectivity index is 1.42. The van der Waals surface area contributed by atoms with Crippen LogP contribution < -0.4 is 26.2 Å². The molecular weight excluding hydrogens is 490 g/mol. The summed E-state index contributed by atoms with van der Waals surface area (Å²) >= 11 is 0. The molecule has 0 aliphatic carbocycles. The number of rotatable bonds is 9. The number of aromatic nitrogens is 3. The van der Waals surface area contributed by atoms with Gasteiger partial charge in [-0.25, -0.2) is 13.9 Å². The van der Waals surface area contributed by atoms with Crippen molar-refractivity contribution in [1.82, 2.24) is 25.8 Å². The first kappa shape index (κ1) is 25.7. The molecule has 4 rings (SSSR count). The lowest BCUT2D eigenvalue weighted by Crippen LogP contribution is -2.59. The van der Waals surface area contributed by atoms with Gasteiger partial charge in [0, 0.05) is 36.4 Å². The third kappa shape index (κ3) is 5.89. The van der Waals surface area contributed by atoms with E-state index < -0.39 is 35.4 Å². The number of amides is 2. The molecule has 2 aromatic heterocycles. The number of methoxy groups -OCH3 is 1. The van der Waals surface area contributed by atoms with E-state index >= 15 is 0 Å². The Bertz CT molecular complexity index is 1360. The van der Waals surface area contributed by atoms with Crippen LogP contribution in [0.2, 0.25) is 0 Å². The molecule has 1 fully saturated rings. The molecule has 0 spiro atoms. The topological polar surface area (TPSA) is 147 Å². The lowest BCUT2D eigenvalue weighted by molar-refractivity contribution is -0.127. The number of nitrogens with one attached hydrogen (secondary N) is 4. The molecular formula is C24H24F2N6O5. The zero-order valence-corrected chi connectivity index (χ0v) is 19.8. The van der Waals surface area contributed by atoms with E-state index in [1.54, 1.807) is 12.1 Å². The van der Waals surface area contributed by atoms with Gasteiger partial charge in [0.1, 0.15) is 23.8 Å². The molecule has 37 heavy (non-hydrogen) atoms. The van der Waals surface area contributed by atoms with Crippen molar-refractivity contribution in [1.29, 1.82) is 0 Å². The molecule has 0 bridgehead atoms. The molecule has 3 aromatic rings. The Kier molecular flexibility index (Phi) is 7.72. The Hall–Kier alpha value is -4.39. The van der Waals surface area contributed by atoms with Crippen molar-refractivity contribution < 1.29 is 27.8 Å². The molecule has 4 N–H and O–H groups in total. The zero-order chi connectivity index (χ0) is 26.4. The quantitative estimate of drug-likeness (QED) is 0.338. The summed E-state index contributed by atoms with van der Waals surface area (Å²) in [5, 5.41) is 13.9. The van der Waals surface area contributed by atoms with E-state index in [9.17, 15) is 23.2 Å². The number of halogens is 2. The second kappa shape index (κ2) is 11.1. The van der Waals surface area contributed by atoms with Crippen LogP contribution in [0, 0.1) is 5.82 Å². The Morgan fingerprint density at radius 1 is 1.24 bits per heavy atom. The van der Waals surface area contributed by atoms with Gasteiger partial charge in [0.25, 0.3) is 11.5 Å². The van der Waals surface area contributed by atoms with Gasteiger partial charge in [-0.3, -0.25) is 19.4 Å². The number of carbonyl (C=O) groups excluding carboxylic acids is 2. The van der Waals surface area contributed by atoms with Gasteiger partial charge in [-0.05, 0) is 18.2 Å². The van der Waals surface area contributed by atoms with Crippen LogP contribution in [0.5, 0.6) is 5.75 Å². The van der Waals surface area contributed by atoms with Crippen molar-refractivity contribution in [3.05, 3.63) is 75.7 Å². The minimum Gasteiger partial charge on any atom is -0.497 e. The molecule has 1 aliphatic heterocycles. The van der Waals surface area contributed by atoms with Crippen LogP contribution in [-0.4, -0.2) is 52.9 Å². The minimum atomic E-state index is -1.41. The van der Waals surface area contributed by atoms with Crippen molar-refractivity contribution in [2.75, 3.05) is 25.6 Å². The Morgan fingerprint density at radius 3 is 2.76 bits per heavy atom. The summed E-state index contributed by atoms with van der Waals surface area (Å²) < 4.78 is 38.6. The molecule has 1 atom stereocenters. The molecule has 0 radical (unpaired) electrons. The van der Waals surface area contributed by atoms with Crippen molar-refractivity contribution in [3.8, 4) is 5.75 Å². The number of anilines is 2. The molecule has 194 valence electrons. The molecule has 1 saturated heterocycles. The smallest absolute Gasteiger partial charge is 0.264 e. The number of carbonyl (C=O) groups is 2. The zero-order valence-electron chi connectivity index (χ0n) is 19.8. The number of alkyl halides is 1. The summed E-state index contributed by atoms with van der Waals surface area (Å²) in [6, 6.07) is 7.02. The second-order valence-electron chi connectivity index (χ2n) is 8.29. The van der Waals surface area contributed by atoms with E-state index in [0.717, 1.165) is 12.3 Å². The maximum absolute atomic E-state index is 14.8. The lowest BCUT2D eigenvalue weighted by atomic mass is 9.96. The van der Waals surface area contributed by atoms with E-state index in [4.69, 9.17) is 9.47 Å². The van der Waals surface area contributed by atoms with Crippen LogP contribution >= 0.6 is 0 Å². The third-order valence-corrected chi connectivity index (χ3v) is 5.81. The fourth-order valence-electron chi connectivity index (χ4n) is 3.77. The maximum atomic E-state index is 14.8. The van der Waals surface area contributed by atoms with Gasteiger partial charge in [-0.2, -0.15) is 5.10 Å². The average molecular weight is 514 g/mol. The van der Waals surface area contributed by atoms with Gasteiger partial charge in [-0.15, -0.1) is 0 Å². The normalized spacial score (nSPS) is 16.7.